The van der Waals surface area contributed by atoms with Gasteiger partial charge in [-0.2, -0.15) is 15.4 Å². The molecule has 2 amide bonds. The van der Waals surface area contributed by atoms with Crippen molar-refractivity contribution in [2.75, 3.05) is 6.61 Å². The van der Waals surface area contributed by atoms with E-state index < -0.39 is 18.4 Å². The monoisotopic (exact) mass is 417 g/mol. The number of hydrogen-bond acceptors (Lipinski definition) is 8. The number of rotatable bonds is 5. The second-order valence-electron chi connectivity index (χ2n) is 6.46. The molecule has 4 heterocycles. The van der Waals surface area contributed by atoms with E-state index in [0.717, 1.165) is 15.4 Å². The molecule has 0 spiro atoms. The minimum Gasteiger partial charge on any atom is -0.466 e. The Morgan fingerprint density at radius 1 is 1.33 bits per heavy atom. The molecule has 9 heteroatoms. The molecule has 0 N–H and O–H groups in total. The third kappa shape index (κ3) is 3.81. The van der Waals surface area contributed by atoms with E-state index in [1.54, 1.807) is 31.5 Å². The minimum atomic E-state index is -0.616. The molecule has 4 rings (SSSR count). The van der Waals surface area contributed by atoms with Gasteiger partial charge < -0.3 is 4.74 Å². The number of carbonyl (C=O) groups is 2. The van der Waals surface area contributed by atoms with E-state index in [1.807, 2.05) is 23.6 Å². The van der Waals surface area contributed by atoms with Gasteiger partial charge in [-0.3, -0.25) is 14.6 Å². The Kier molecular flexibility index (Phi) is 5.32. The summed E-state index contributed by atoms with van der Waals surface area (Å²) in [5.74, 6) is -0.996. The van der Waals surface area contributed by atoms with Gasteiger partial charge in [0.15, 0.2) is 6.61 Å². The summed E-state index contributed by atoms with van der Waals surface area (Å²) in [5, 5.41) is 16.4. The Morgan fingerprint density at radius 3 is 2.77 bits per heavy atom. The molecule has 30 heavy (non-hydrogen) atoms. The molecule has 148 valence electrons. The number of hydrogen-bond donors (Lipinski definition) is 0. The van der Waals surface area contributed by atoms with Crippen LogP contribution in [0, 0.1) is 11.3 Å². The van der Waals surface area contributed by atoms with Crippen molar-refractivity contribution in [1.82, 2.24) is 15.0 Å². The maximum absolute atomic E-state index is 12.4. The molecule has 0 saturated heterocycles. The molecule has 0 atom stereocenters. The average Bonchev–Trinajstić information content (AvgIpc) is 3.41. The number of pyridine rings is 2. The van der Waals surface area contributed by atoms with Gasteiger partial charge in [0.1, 0.15) is 11.6 Å². The molecule has 0 aromatic carbocycles. The third-order valence-corrected chi connectivity index (χ3v) is 5.24. The van der Waals surface area contributed by atoms with Crippen molar-refractivity contribution < 1.29 is 14.3 Å². The molecule has 3 aromatic heterocycles. The summed E-state index contributed by atoms with van der Waals surface area (Å²) < 4.78 is 5.63. The standard InChI is InChI=1S/C21H15N5O3S/c1-13-9-19(27)26(25-13)20(28)12-29-21-16(11-22)15(14-4-6-23-7-5-14)10-17(24-21)18-3-2-8-30-18/h2-8,10H,9,12H2,1H3. The lowest BCUT2D eigenvalue weighted by Crippen LogP contribution is -2.32. The molecule has 0 saturated carbocycles. The van der Waals surface area contributed by atoms with Gasteiger partial charge in [0, 0.05) is 23.7 Å². The van der Waals surface area contributed by atoms with Crippen LogP contribution in [0.25, 0.3) is 21.7 Å². The van der Waals surface area contributed by atoms with Crippen molar-refractivity contribution in [2.45, 2.75) is 13.3 Å². The number of ether oxygens (including phenoxy) is 1. The first-order chi connectivity index (χ1) is 14.6. The van der Waals surface area contributed by atoms with Crippen LogP contribution in [0.2, 0.25) is 0 Å². The number of hydrazone groups is 1. The van der Waals surface area contributed by atoms with Gasteiger partial charge in [-0.1, -0.05) is 6.07 Å². The zero-order valence-electron chi connectivity index (χ0n) is 15.9. The van der Waals surface area contributed by atoms with Gasteiger partial charge in [0.05, 0.1) is 17.0 Å². The number of amides is 2. The molecular formula is C21H15N5O3S. The fourth-order valence-electron chi connectivity index (χ4n) is 2.99. The fraction of sp³-hybridized carbons (Fsp3) is 0.143. The molecule has 0 radical (unpaired) electrons. The zero-order valence-corrected chi connectivity index (χ0v) is 16.7. The fourth-order valence-corrected chi connectivity index (χ4v) is 3.67. The maximum atomic E-state index is 12.4. The summed E-state index contributed by atoms with van der Waals surface area (Å²) in [6, 6.07) is 11.3. The first-order valence-corrected chi connectivity index (χ1v) is 9.87. The minimum absolute atomic E-state index is 0.0240. The molecular weight excluding hydrogens is 402 g/mol. The van der Waals surface area contributed by atoms with Crippen LogP contribution in [0.3, 0.4) is 0 Å². The summed E-state index contributed by atoms with van der Waals surface area (Å²) in [6.07, 6.45) is 3.36. The summed E-state index contributed by atoms with van der Waals surface area (Å²) in [5.41, 5.74) is 2.76. The van der Waals surface area contributed by atoms with Crippen LogP contribution in [-0.4, -0.2) is 39.1 Å². The van der Waals surface area contributed by atoms with Gasteiger partial charge >= 0.3 is 0 Å². The lowest BCUT2D eigenvalue weighted by Gasteiger charge is -2.14. The third-order valence-electron chi connectivity index (χ3n) is 4.35. The van der Waals surface area contributed by atoms with Crippen LogP contribution in [0.5, 0.6) is 5.88 Å². The van der Waals surface area contributed by atoms with Crippen LogP contribution in [-0.2, 0) is 9.59 Å². The van der Waals surface area contributed by atoms with Crippen molar-refractivity contribution in [1.29, 1.82) is 5.26 Å². The lowest BCUT2D eigenvalue weighted by atomic mass is 10.0. The maximum Gasteiger partial charge on any atom is 0.287 e. The van der Waals surface area contributed by atoms with E-state index in [2.05, 4.69) is 21.1 Å². The predicted molar refractivity (Wildman–Crippen MR) is 111 cm³/mol. The Balaban J connectivity index is 1.71. The molecule has 0 fully saturated rings. The second-order valence-corrected chi connectivity index (χ2v) is 7.41. The largest absolute Gasteiger partial charge is 0.466 e. The SMILES string of the molecule is CC1=NN(C(=O)COc2nc(-c3cccs3)cc(-c3ccncc3)c2C#N)C(=O)C1. The Labute approximate surface area is 176 Å². The van der Waals surface area contributed by atoms with E-state index >= 15 is 0 Å². The summed E-state index contributed by atoms with van der Waals surface area (Å²) >= 11 is 1.50. The Morgan fingerprint density at radius 2 is 2.13 bits per heavy atom. The highest BCUT2D eigenvalue weighted by Gasteiger charge is 2.28. The van der Waals surface area contributed by atoms with E-state index in [-0.39, 0.29) is 17.9 Å². The predicted octanol–water partition coefficient (Wildman–Crippen LogP) is 3.26. The Hall–Kier alpha value is -3.90. The first kappa shape index (κ1) is 19.4. The van der Waals surface area contributed by atoms with Crippen molar-refractivity contribution in [3.05, 3.63) is 53.7 Å². The highest BCUT2D eigenvalue weighted by atomic mass is 32.1. The first-order valence-electron chi connectivity index (χ1n) is 8.99. The second kappa shape index (κ2) is 8.23. The quantitative estimate of drug-likeness (QED) is 0.630. The molecule has 1 aliphatic rings. The van der Waals surface area contributed by atoms with Crippen LogP contribution < -0.4 is 4.74 Å². The van der Waals surface area contributed by atoms with Crippen LogP contribution in [0.1, 0.15) is 18.9 Å². The molecule has 1 aliphatic heterocycles. The normalized spacial score (nSPS) is 13.1. The van der Waals surface area contributed by atoms with Gasteiger partial charge in [0.25, 0.3) is 11.8 Å². The van der Waals surface area contributed by atoms with Crippen molar-refractivity contribution >= 4 is 28.9 Å². The van der Waals surface area contributed by atoms with Crippen LogP contribution in [0.4, 0.5) is 0 Å². The van der Waals surface area contributed by atoms with Crippen molar-refractivity contribution in [2.24, 2.45) is 5.10 Å². The van der Waals surface area contributed by atoms with Gasteiger partial charge in [0.2, 0.25) is 5.88 Å². The van der Waals surface area contributed by atoms with Gasteiger partial charge in [-0.25, -0.2) is 4.98 Å². The van der Waals surface area contributed by atoms with Crippen molar-refractivity contribution in [3.63, 3.8) is 0 Å². The number of nitrogens with zero attached hydrogens (tertiary/aromatic N) is 5. The molecule has 3 aromatic rings. The number of thiophene rings is 1. The van der Waals surface area contributed by atoms with Crippen molar-refractivity contribution in [3.8, 4) is 33.6 Å². The molecule has 0 unspecified atom stereocenters. The number of imide groups is 1. The lowest BCUT2D eigenvalue weighted by molar-refractivity contribution is -0.144. The van der Waals surface area contributed by atoms with E-state index in [9.17, 15) is 14.9 Å². The smallest absolute Gasteiger partial charge is 0.287 e. The van der Waals surface area contributed by atoms with E-state index in [4.69, 9.17) is 4.74 Å². The average molecular weight is 417 g/mol. The topological polar surface area (TPSA) is 109 Å². The molecule has 8 nitrogen and oxygen atoms in total. The van der Waals surface area contributed by atoms with E-state index in [1.165, 1.54) is 11.3 Å². The number of nitriles is 1. The molecule has 0 aliphatic carbocycles. The highest BCUT2D eigenvalue weighted by molar-refractivity contribution is 7.13. The zero-order chi connectivity index (χ0) is 21.1. The number of carbonyl (C=O) groups excluding carboxylic acids is 2. The van der Waals surface area contributed by atoms with E-state index in [0.29, 0.717) is 17.0 Å². The van der Waals surface area contributed by atoms with Crippen LogP contribution >= 0.6 is 11.3 Å². The highest BCUT2D eigenvalue weighted by Crippen LogP contribution is 2.34. The van der Waals surface area contributed by atoms with Gasteiger partial charge in [-0.05, 0) is 42.1 Å². The molecule has 0 bridgehead atoms. The Bertz CT molecular complexity index is 1180. The summed E-state index contributed by atoms with van der Waals surface area (Å²) in [7, 11) is 0. The van der Waals surface area contributed by atoms with Crippen LogP contribution in [0.15, 0.2) is 53.2 Å². The van der Waals surface area contributed by atoms with Gasteiger partial charge in [-0.15, -0.1) is 11.3 Å². The summed E-state index contributed by atoms with van der Waals surface area (Å²) in [4.78, 5) is 33.6. The summed E-state index contributed by atoms with van der Waals surface area (Å²) in [6.45, 7) is 1.21. The number of aromatic nitrogens is 2.